The van der Waals surface area contributed by atoms with Gasteiger partial charge in [-0.2, -0.15) is 0 Å². The SMILES string of the molecule is CCCCC/C=C/C/C=C/CCCCCCCCCC. The molecule has 20 heavy (non-hydrogen) atoms. The molecule has 0 heteroatoms. The van der Waals surface area contributed by atoms with Crippen LogP contribution in [-0.4, -0.2) is 0 Å². The largest absolute Gasteiger partial charge is 0.0882 e. The second kappa shape index (κ2) is 18.5. The molecule has 0 unspecified atom stereocenters. The van der Waals surface area contributed by atoms with Gasteiger partial charge in [-0.05, 0) is 32.1 Å². The Bertz CT molecular complexity index is 212. The predicted octanol–water partition coefficient (Wildman–Crippen LogP) is 7.60. The summed E-state index contributed by atoms with van der Waals surface area (Å²) in [5.74, 6) is 0. The molecule has 0 aromatic heterocycles. The molecule has 0 heterocycles. The molecule has 0 radical (unpaired) electrons. The molecular formula is C20H38. The fourth-order valence-corrected chi connectivity index (χ4v) is 2.41. The van der Waals surface area contributed by atoms with Crippen molar-refractivity contribution in [3.05, 3.63) is 24.3 Å². The van der Waals surface area contributed by atoms with E-state index in [1.807, 2.05) is 0 Å². The highest BCUT2D eigenvalue weighted by Gasteiger charge is 1.90. The molecule has 0 bridgehead atoms. The Balaban J connectivity index is 3.12. The van der Waals surface area contributed by atoms with E-state index in [9.17, 15) is 0 Å². The summed E-state index contributed by atoms with van der Waals surface area (Å²) in [4.78, 5) is 0. The van der Waals surface area contributed by atoms with Gasteiger partial charge in [-0.15, -0.1) is 0 Å². The van der Waals surface area contributed by atoms with Crippen molar-refractivity contribution in [2.45, 2.75) is 104 Å². The van der Waals surface area contributed by atoms with Crippen molar-refractivity contribution in [3.63, 3.8) is 0 Å². The minimum absolute atomic E-state index is 1.13. The first kappa shape index (κ1) is 19.5. The lowest BCUT2D eigenvalue weighted by Gasteiger charge is -1.99. The van der Waals surface area contributed by atoms with Gasteiger partial charge in [-0.3, -0.25) is 0 Å². The van der Waals surface area contributed by atoms with Crippen LogP contribution in [0, 0.1) is 0 Å². The molecule has 0 aromatic carbocycles. The van der Waals surface area contributed by atoms with Crippen molar-refractivity contribution >= 4 is 0 Å². The average Bonchev–Trinajstić information content (AvgIpc) is 2.47. The number of rotatable bonds is 15. The van der Waals surface area contributed by atoms with Crippen LogP contribution in [0.3, 0.4) is 0 Å². The minimum atomic E-state index is 1.13. The molecule has 0 N–H and O–H groups in total. The molecule has 0 aliphatic heterocycles. The van der Waals surface area contributed by atoms with E-state index in [0.717, 1.165) is 6.42 Å². The van der Waals surface area contributed by atoms with Gasteiger partial charge >= 0.3 is 0 Å². The maximum atomic E-state index is 2.37. The van der Waals surface area contributed by atoms with E-state index in [1.165, 1.54) is 83.5 Å². The fraction of sp³-hybridized carbons (Fsp3) is 0.800. The number of hydrogen-bond donors (Lipinski definition) is 0. The van der Waals surface area contributed by atoms with Crippen LogP contribution in [0.1, 0.15) is 104 Å². The maximum absolute atomic E-state index is 2.37. The van der Waals surface area contributed by atoms with Crippen molar-refractivity contribution in [2.75, 3.05) is 0 Å². The summed E-state index contributed by atoms with van der Waals surface area (Å²) >= 11 is 0. The average molecular weight is 279 g/mol. The highest BCUT2D eigenvalue weighted by Crippen LogP contribution is 2.09. The third-order valence-corrected chi connectivity index (χ3v) is 3.80. The molecule has 0 aliphatic rings. The Morgan fingerprint density at radius 2 is 0.850 bits per heavy atom. The zero-order valence-electron chi connectivity index (χ0n) is 14.2. The van der Waals surface area contributed by atoms with Crippen molar-refractivity contribution in [3.8, 4) is 0 Å². The predicted molar refractivity (Wildman–Crippen MR) is 94.3 cm³/mol. The van der Waals surface area contributed by atoms with Gasteiger partial charge in [0.1, 0.15) is 0 Å². The zero-order chi connectivity index (χ0) is 14.7. The van der Waals surface area contributed by atoms with Crippen molar-refractivity contribution in [2.24, 2.45) is 0 Å². The monoisotopic (exact) mass is 278 g/mol. The lowest BCUT2D eigenvalue weighted by Crippen LogP contribution is -1.79. The molecule has 0 fully saturated rings. The highest BCUT2D eigenvalue weighted by molar-refractivity contribution is 4.92. The summed E-state index contributed by atoms with van der Waals surface area (Å²) in [7, 11) is 0. The molecule has 0 spiro atoms. The molecule has 0 rings (SSSR count). The van der Waals surface area contributed by atoms with Crippen LogP contribution in [0.5, 0.6) is 0 Å². The highest BCUT2D eigenvalue weighted by atomic mass is 14.0. The number of hydrogen-bond acceptors (Lipinski definition) is 0. The molecule has 0 nitrogen and oxygen atoms in total. The van der Waals surface area contributed by atoms with E-state index in [0.29, 0.717) is 0 Å². The molecule has 0 atom stereocenters. The lowest BCUT2D eigenvalue weighted by atomic mass is 10.1. The number of allylic oxidation sites excluding steroid dienone is 4. The van der Waals surface area contributed by atoms with Crippen LogP contribution in [0.15, 0.2) is 24.3 Å². The Labute approximate surface area is 128 Å². The van der Waals surface area contributed by atoms with Crippen LogP contribution >= 0.6 is 0 Å². The Kier molecular flexibility index (Phi) is 18.0. The molecule has 0 aromatic rings. The fourth-order valence-electron chi connectivity index (χ4n) is 2.41. The molecule has 0 saturated heterocycles. The normalized spacial score (nSPS) is 11.9. The van der Waals surface area contributed by atoms with Crippen molar-refractivity contribution in [1.29, 1.82) is 0 Å². The van der Waals surface area contributed by atoms with Gasteiger partial charge in [-0.25, -0.2) is 0 Å². The van der Waals surface area contributed by atoms with Crippen LogP contribution in [0.2, 0.25) is 0 Å². The van der Waals surface area contributed by atoms with E-state index in [2.05, 4.69) is 38.2 Å². The third kappa shape index (κ3) is 17.5. The van der Waals surface area contributed by atoms with Gasteiger partial charge < -0.3 is 0 Å². The van der Waals surface area contributed by atoms with Gasteiger partial charge in [0, 0.05) is 0 Å². The zero-order valence-corrected chi connectivity index (χ0v) is 14.2. The van der Waals surface area contributed by atoms with Crippen LogP contribution in [-0.2, 0) is 0 Å². The first-order valence-electron chi connectivity index (χ1n) is 9.21. The standard InChI is InChI=1S/C20H38/c1-3-5-7-9-11-13-15-17-19-20-18-16-14-12-10-8-6-4-2/h11,13,17,19H,3-10,12,14-16,18,20H2,1-2H3/b13-11+,19-17+. The van der Waals surface area contributed by atoms with E-state index >= 15 is 0 Å². The van der Waals surface area contributed by atoms with Crippen LogP contribution < -0.4 is 0 Å². The maximum Gasteiger partial charge on any atom is -0.0169 e. The van der Waals surface area contributed by atoms with Gasteiger partial charge in [0.15, 0.2) is 0 Å². The van der Waals surface area contributed by atoms with Gasteiger partial charge in [0.2, 0.25) is 0 Å². The van der Waals surface area contributed by atoms with E-state index in [4.69, 9.17) is 0 Å². The smallest absolute Gasteiger partial charge is 0.0169 e. The third-order valence-electron chi connectivity index (χ3n) is 3.80. The molecule has 0 amide bonds. The van der Waals surface area contributed by atoms with Crippen molar-refractivity contribution < 1.29 is 0 Å². The summed E-state index contributed by atoms with van der Waals surface area (Å²) < 4.78 is 0. The van der Waals surface area contributed by atoms with E-state index in [-0.39, 0.29) is 0 Å². The Morgan fingerprint density at radius 1 is 0.450 bits per heavy atom. The molecule has 0 aliphatic carbocycles. The van der Waals surface area contributed by atoms with Gasteiger partial charge in [-0.1, -0.05) is 95.9 Å². The van der Waals surface area contributed by atoms with E-state index < -0.39 is 0 Å². The van der Waals surface area contributed by atoms with Crippen LogP contribution in [0.25, 0.3) is 0 Å². The second-order valence-electron chi connectivity index (χ2n) is 5.94. The van der Waals surface area contributed by atoms with Crippen LogP contribution in [0.4, 0.5) is 0 Å². The Hall–Kier alpha value is -0.520. The topological polar surface area (TPSA) is 0 Å². The summed E-state index contributed by atoms with van der Waals surface area (Å²) in [6.07, 6.45) is 28.5. The lowest BCUT2D eigenvalue weighted by molar-refractivity contribution is 0.577. The summed E-state index contributed by atoms with van der Waals surface area (Å²) in [6.45, 7) is 4.55. The quantitative estimate of drug-likeness (QED) is 0.214. The van der Waals surface area contributed by atoms with Crippen molar-refractivity contribution in [1.82, 2.24) is 0 Å². The van der Waals surface area contributed by atoms with E-state index in [1.54, 1.807) is 0 Å². The summed E-state index contributed by atoms with van der Waals surface area (Å²) in [6, 6.07) is 0. The first-order chi connectivity index (χ1) is 9.91. The second-order valence-corrected chi connectivity index (χ2v) is 5.94. The molecular weight excluding hydrogens is 240 g/mol. The molecule has 0 saturated carbocycles. The Morgan fingerprint density at radius 3 is 1.40 bits per heavy atom. The van der Waals surface area contributed by atoms with Gasteiger partial charge in [0.05, 0.1) is 0 Å². The number of unbranched alkanes of at least 4 members (excludes halogenated alkanes) is 11. The minimum Gasteiger partial charge on any atom is -0.0882 e. The summed E-state index contributed by atoms with van der Waals surface area (Å²) in [5.41, 5.74) is 0. The van der Waals surface area contributed by atoms with Gasteiger partial charge in [0.25, 0.3) is 0 Å². The first-order valence-corrected chi connectivity index (χ1v) is 9.21. The molecule has 118 valence electrons. The summed E-state index contributed by atoms with van der Waals surface area (Å²) in [5, 5.41) is 0.